The molecule has 0 aliphatic carbocycles. The average Bonchev–Trinajstić information content (AvgIpc) is 2.00. The molecule has 0 fully saturated rings. The standard InChI is InChI=1S/C11H20O2/c1-8(2)6-10(7-9(3)4)11(12)13-5/h6,8-9H,7H2,1-5H3/b10-6+. The zero-order valence-corrected chi connectivity index (χ0v) is 9.26. The summed E-state index contributed by atoms with van der Waals surface area (Å²) in [6.45, 7) is 8.31. The number of hydrogen-bond donors (Lipinski definition) is 0. The van der Waals surface area contributed by atoms with Crippen LogP contribution in [0.5, 0.6) is 0 Å². The summed E-state index contributed by atoms with van der Waals surface area (Å²) in [5, 5.41) is 0. The first-order chi connectivity index (χ1) is 5.97. The van der Waals surface area contributed by atoms with Crippen molar-refractivity contribution < 1.29 is 9.53 Å². The molecule has 0 atom stereocenters. The molecule has 0 aromatic heterocycles. The Morgan fingerprint density at radius 1 is 1.31 bits per heavy atom. The molecule has 2 nitrogen and oxygen atoms in total. The molecular formula is C11H20O2. The van der Waals surface area contributed by atoms with Crippen LogP contribution in [0.3, 0.4) is 0 Å². The average molecular weight is 184 g/mol. The van der Waals surface area contributed by atoms with Crippen LogP contribution < -0.4 is 0 Å². The van der Waals surface area contributed by atoms with Gasteiger partial charge in [0.15, 0.2) is 0 Å². The molecule has 0 aliphatic heterocycles. The molecule has 0 aromatic carbocycles. The van der Waals surface area contributed by atoms with Gasteiger partial charge in [-0.25, -0.2) is 4.79 Å². The van der Waals surface area contributed by atoms with E-state index in [1.165, 1.54) is 7.11 Å². The van der Waals surface area contributed by atoms with E-state index in [1.807, 2.05) is 6.08 Å². The van der Waals surface area contributed by atoms with Crippen LogP contribution in [0.4, 0.5) is 0 Å². The summed E-state index contributed by atoms with van der Waals surface area (Å²) in [6.07, 6.45) is 2.77. The maximum absolute atomic E-state index is 11.3. The van der Waals surface area contributed by atoms with E-state index < -0.39 is 0 Å². The second kappa shape index (κ2) is 5.79. The van der Waals surface area contributed by atoms with Crippen molar-refractivity contribution in [2.24, 2.45) is 11.8 Å². The molecule has 0 rings (SSSR count). The van der Waals surface area contributed by atoms with Crippen molar-refractivity contribution in [3.63, 3.8) is 0 Å². The van der Waals surface area contributed by atoms with E-state index in [9.17, 15) is 4.79 Å². The van der Waals surface area contributed by atoms with Crippen LogP contribution in [0.25, 0.3) is 0 Å². The first-order valence-corrected chi connectivity index (χ1v) is 4.76. The van der Waals surface area contributed by atoms with Crippen molar-refractivity contribution in [1.29, 1.82) is 0 Å². The largest absolute Gasteiger partial charge is 0.466 e. The monoisotopic (exact) mass is 184 g/mol. The van der Waals surface area contributed by atoms with Gasteiger partial charge in [-0.15, -0.1) is 0 Å². The van der Waals surface area contributed by atoms with Gasteiger partial charge in [0.1, 0.15) is 0 Å². The van der Waals surface area contributed by atoms with Crippen LogP contribution >= 0.6 is 0 Å². The second-order valence-corrected chi connectivity index (χ2v) is 4.03. The summed E-state index contributed by atoms with van der Waals surface area (Å²) in [6, 6.07) is 0. The van der Waals surface area contributed by atoms with Crippen LogP contribution in [0.15, 0.2) is 11.6 Å². The molecule has 0 N–H and O–H groups in total. The number of carbonyl (C=O) groups excluding carboxylic acids is 1. The third-order valence-electron chi connectivity index (χ3n) is 1.61. The first kappa shape index (κ1) is 12.2. The van der Waals surface area contributed by atoms with Gasteiger partial charge < -0.3 is 4.74 Å². The third kappa shape index (κ3) is 5.45. The predicted octanol–water partition coefficient (Wildman–Crippen LogP) is 2.79. The summed E-state index contributed by atoms with van der Waals surface area (Å²) in [5.41, 5.74) is 0.799. The Morgan fingerprint density at radius 3 is 2.15 bits per heavy atom. The van der Waals surface area contributed by atoms with E-state index in [-0.39, 0.29) is 5.97 Å². The molecule has 0 radical (unpaired) electrons. The van der Waals surface area contributed by atoms with Crippen molar-refractivity contribution in [2.75, 3.05) is 7.11 Å². The van der Waals surface area contributed by atoms with Crippen molar-refractivity contribution in [1.82, 2.24) is 0 Å². The van der Waals surface area contributed by atoms with Crippen molar-refractivity contribution in [2.45, 2.75) is 34.1 Å². The van der Waals surface area contributed by atoms with Gasteiger partial charge in [0.05, 0.1) is 7.11 Å². The zero-order chi connectivity index (χ0) is 10.4. The summed E-state index contributed by atoms with van der Waals surface area (Å²) in [7, 11) is 1.43. The van der Waals surface area contributed by atoms with Gasteiger partial charge in [-0.05, 0) is 18.3 Å². The van der Waals surface area contributed by atoms with Crippen LogP contribution in [0.1, 0.15) is 34.1 Å². The summed E-state index contributed by atoms with van der Waals surface area (Å²) < 4.78 is 4.71. The summed E-state index contributed by atoms with van der Waals surface area (Å²) >= 11 is 0. The minimum absolute atomic E-state index is 0.192. The molecule has 0 unspecified atom stereocenters. The Balaban J connectivity index is 4.45. The van der Waals surface area contributed by atoms with Gasteiger partial charge in [0, 0.05) is 5.57 Å². The van der Waals surface area contributed by atoms with E-state index >= 15 is 0 Å². The van der Waals surface area contributed by atoms with E-state index in [2.05, 4.69) is 27.7 Å². The summed E-state index contributed by atoms with van der Waals surface area (Å²) in [4.78, 5) is 11.3. The highest BCUT2D eigenvalue weighted by Crippen LogP contribution is 2.14. The molecule has 0 saturated carbocycles. The second-order valence-electron chi connectivity index (χ2n) is 4.03. The first-order valence-electron chi connectivity index (χ1n) is 4.76. The fraction of sp³-hybridized carbons (Fsp3) is 0.727. The molecule has 0 heterocycles. The van der Waals surface area contributed by atoms with Gasteiger partial charge in [-0.2, -0.15) is 0 Å². The number of rotatable bonds is 4. The Hall–Kier alpha value is -0.790. The molecule has 0 amide bonds. The molecular weight excluding hydrogens is 164 g/mol. The molecule has 0 aliphatic rings. The van der Waals surface area contributed by atoms with E-state index in [1.54, 1.807) is 0 Å². The van der Waals surface area contributed by atoms with Gasteiger partial charge in [0.2, 0.25) is 0 Å². The van der Waals surface area contributed by atoms with Crippen LogP contribution in [-0.2, 0) is 9.53 Å². The fourth-order valence-corrected chi connectivity index (χ4v) is 1.19. The molecule has 76 valence electrons. The van der Waals surface area contributed by atoms with Gasteiger partial charge >= 0.3 is 5.97 Å². The highest BCUT2D eigenvalue weighted by atomic mass is 16.5. The van der Waals surface area contributed by atoms with Crippen LogP contribution in [0.2, 0.25) is 0 Å². The summed E-state index contributed by atoms with van der Waals surface area (Å²) in [5.74, 6) is 0.694. The smallest absolute Gasteiger partial charge is 0.333 e. The zero-order valence-electron chi connectivity index (χ0n) is 9.26. The maximum atomic E-state index is 11.3. The number of carbonyl (C=O) groups is 1. The highest BCUT2D eigenvalue weighted by molar-refractivity contribution is 5.88. The molecule has 0 bridgehead atoms. The minimum Gasteiger partial charge on any atom is -0.466 e. The Kier molecular flexibility index (Phi) is 5.44. The van der Waals surface area contributed by atoms with E-state index in [4.69, 9.17) is 4.74 Å². The van der Waals surface area contributed by atoms with Crippen molar-refractivity contribution in [3.05, 3.63) is 11.6 Å². The van der Waals surface area contributed by atoms with E-state index in [0.29, 0.717) is 11.8 Å². The Bertz CT molecular complexity index is 190. The fourth-order valence-electron chi connectivity index (χ4n) is 1.19. The van der Waals surface area contributed by atoms with Crippen molar-refractivity contribution in [3.8, 4) is 0 Å². The van der Waals surface area contributed by atoms with Crippen LogP contribution in [0, 0.1) is 11.8 Å². The lowest BCUT2D eigenvalue weighted by Crippen LogP contribution is -2.08. The van der Waals surface area contributed by atoms with Gasteiger partial charge in [-0.3, -0.25) is 0 Å². The lowest BCUT2D eigenvalue weighted by atomic mass is 10.00. The molecule has 2 heteroatoms. The van der Waals surface area contributed by atoms with Gasteiger partial charge in [-0.1, -0.05) is 33.8 Å². The normalized spacial score (nSPS) is 12.4. The molecule has 0 spiro atoms. The van der Waals surface area contributed by atoms with E-state index in [0.717, 1.165) is 12.0 Å². The lowest BCUT2D eigenvalue weighted by Gasteiger charge is -2.09. The number of hydrogen-bond acceptors (Lipinski definition) is 2. The molecule has 0 aromatic rings. The Labute approximate surface area is 81.0 Å². The topological polar surface area (TPSA) is 26.3 Å². The number of methoxy groups -OCH3 is 1. The number of ether oxygens (including phenoxy) is 1. The molecule has 13 heavy (non-hydrogen) atoms. The maximum Gasteiger partial charge on any atom is 0.333 e. The molecule has 0 saturated heterocycles. The predicted molar refractivity (Wildman–Crippen MR) is 54.4 cm³/mol. The van der Waals surface area contributed by atoms with Crippen molar-refractivity contribution >= 4 is 5.97 Å². The van der Waals surface area contributed by atoms with Gasteiger partial charge in [0.25, 0.3) is 0 Å². The Morgan fingerprint density at radius 2 is 1.85 bits per heavy atom. The number of allylic oxidation sites excluding steroid dienone is 1. The SMILES string of the molecule is COC(=O)/C(=C/C(C)C)CC(C)C. The van der Waals surface area contributed by atoms with Crippen LogP contribution in [-0.4, -0.2) is 13.1 Å². The number of esters is 1. The highest BCUT2D eigenvalue weighted by Gasteiger charge is 2.11. The lowest BCUT2D eigenvalue weighted by molar-refractivity contribution is -0.136. The minimum atomic E-state index is -0.192. The third-order valence-corrected chi connectivity index (χ3v) is 1.61. The quantitative estimate of drug-likeness (QED) is 0.496.